The van der Waals surface area contributed by atoms with E-state index in [4.69, 9.17) is 4.99 Å². The van der Waals surface area contributed by atoms with Gasteiger partial charge in [-0.3, -0.25) is 24.7 Å². The van der Waals surface area contributed by atoms with Crippen molar-refractivity contribution >= 4 is 56.0 Å². The molecule has 5 amide bonds. The van der Waals surface area contributed by atoms with E-state index < -0.39 is 5.54 Å². The molecule has 11 heteroatoms. The minimum absolute atomic E-state index is 0.114. The number of urea groups is 1. The second-order valence-electron chi connectivity index (χ2n) is 10.1. The van der Waals surface area contributed by atoms with Gasteiger partial charge in [0.2, 0.25) is 5.91 Å². The maximum Gasteiger partial charge on any atom is 0.319 e. The monoisotopic (exact) mass is 538 g/mol. The number of aliphatic imine (C=N–C) groups is 1. The summed E-state index contributed by atoms with van der Waals surface area (Å²) in [6.45, 7) is 4.68. The minimum Gasteiger partial charge on any atom is -0.343 e. The molecule has 0 bridgehead atoms. The van der Waals surface area contributed by atoms with Gasteiger partial charge in [0.25, 0.3) is 11.8 Å². The molecule has 3 aliphatic heterocycles. The summed E-state index contributed by atoms with van der Waals surface area (Å²) in [7, 11) is 0. The summed E-state index contributed by atoms with van der Waals surface area (Å²) >= 11 is 1.37. The molecule has 1 aromatic heterocycles. The van der Waals surface area contributed by atoms with E-state index in [1.54, 1.807) is 4.90 Å². The second-order valence-corrected chi connectivity index (χ2v) is 11.1. The minimum atomic E-state index is -0.890. The number of carbonyl (C=O) groups excluding carboxylic acids is 4. The van der Waals surface area contributed by atoms with Gasteiger partial charge in [-0.15, -0.1) is 11.3 Å². The molecule has 38 heavy (non-hydrogen) atoms. The summed E-state index contributed by atoms with van der Waals surface area (Å²) in [5.74, 6) is 0.365. The number of carbonyl (C=O) groups is 4. The van der Waals surface area contributed by atoms with Gasteiger partial charge < -0.3 is 20.4 Å². The van der Waals surface area contributed by atoms with Crippen molar-refractivity contribution < 1.29 is 19.2 Å². The Labute approximate surface area is 225 Å². The van der Waals surface area contributed by atoms with Gasteiger partial charge in [-0.25, -0.2) is 4.79 Å². The maximum absolute atomic E-state index is 13.7. The fourth-order valence-electron chi connectivity index (χ4n) is 5.46. The first-order valence-corrected chi connectivity index (χ1v) is 14.3. The lowest BCUT2D eigenvalue weighted by Gasteiger charge is -2.35. The molecule has 1 aromatic carbocycles. The van der Waals surface area contributed by atoms with E-state index in [1.807, 2.05) is 36.1 Å². The molecule has 0 atom stereocenters. The third-order valence-corrected chi connectivity index (χ3v) is 8.65. The number of benzene rings is 1. The quantitative estimate of drug-likeness (QED) is 0.522. The number of nitrogens with one attached hydrogen (secondary N) is 3. The van der Waals surface area contributed by atoms with Crippen molar-refractivity contribution in [2.75, 3.05) is 38.0 Å². The molecule has 4 heterocycles. The van der Waals surface area contributed by atoms with Crippen LogP contribution >= 0.6 is 11.3 Å². The highest BCUT2D eigenvalue weighted by molar-refractivity contribution is 7.23. The molecule has 2 saturated heterocycles. The molecule has 2 aromatic rings. The van der Waals surface area contributed by atoms with Gasteiger partial charge in [-0.05, 0) is 45.1 Å². The second kappa shape index (κ2) is 11.1. The first kappa shape index (κ1) is 26.1. The lowest BCUT2D eigenvalue weighted by Crippen LogP contribution is -2.50. The van der Waals surface area contributed by atoms with E-state index in [0.29, 0.717) is 61.7 Å². The van der Waals surface area contributed by atoms with Gasteiger partial charge in [0.15, 0.2) is 0 Å². The lowest BCUT2D eigenvalue weighted by molar-refractivity contribution is -0.132. The molecule has 10 nitrogen and oxygen atoms in total. The Morgan fingerprint density at radius 3 is 2.53 bits per heavy atom. The van der Waals surface area contributed by atoms with Gasteiger partial charge in [0.1, 0.15) is 16.4 Å². The van der Waals surface area contributed by atoms with Crippen LogP contribution in [0.25, 0.3) is 10.1 Å². The number of fused-ring (bicyclic) bond motifs is 1. The normalized spacial score (nSPS) is 18.9. The summed E-state index contributed by atoms with van der Waals surface area (Å²) in [5, 5.41) is 9.75. The van der Waals surface area contributed by atoms with Gasteiger partial charge in [0.05, 0.1) is 5.56 Å². The van der Waals surface area contributed by atoms with Crippen LogP contribution in [0.2, 0.25) is 0 Å². The van der Waals surface area contributed by atoms with Crippen molar-refractivity contribution in [1.82, 2.24) is 20.4 Å². The number of likely N-dealkylation sites (tertiary alicyclic amines) is 2. The van der Waals surface area contributed by atoms with Crippen LogP contribution in [0.5, 0.6) is 0 Å². The van der Waals surface area contributed by atoms with E-state index in [-0.39, 0.29) is 23.8 Å². The van der Waals surface area contributed by atoms with Gasteiger partial charge in [-0.1, -0.05) is 18.2 Å². The number of hydrogen-bond acceptors (Lipinski definition) is 6. The zero-order chi connectivity index (χ0) is 26.7. The van der Waals surface area contributed by atoms with Crippen LogP contribution in [0.1, 0.15) is 62.2 Å². The molecule has 1 spiro atoms. The van der Waals surface area contributed by atoms with Crippen molar-refractivity contribution in [3.05, 3.63) is 29.8 Å². The number of piperidine rings is 2. The van der Waals surface area contributed by atoms with Crippen molar-refractivity contribution in [2.45, 2.75) is 57.4 Å². The number of amidine groups is 1. The number of hydrogen-bond donors (Lipinski definition) is 3. The van der Waals surface area contributed by atoms with Crippen molar-refractivity contribution in [1.29, 1.82) is 0 Å². The lowest BCUT2D eigenvalue weighted by atomic mass is 9.87. The molecule has 2 fully saturated rings. The third-order valence-electron chi connectivity index (χ3n) is 7.57. The van der Waals surface area contributed by atoms with E-state index in [1.165, 1.54) is 17.8 Å². The Bertz CT molecular complexity index is 1270. The summed E-state index contributed by atoms with van der Waals surface area (Å²) in [6.07, 6.45) is 4.85. The Hall–Kier alpha value is -3.47. The van der Waals surface area contributed by atoms with Crippen LogP contribution in [-0.4, -0.2) is 77.7 Å². The van der Waals surface area contributed by atoms with Crippen LogP contribution in [0.3, 0.4) is 0 Å². The zero-order valence-electron chi connectivity index (χ0n) is 21.7. The molecule has 3 aliphatic rings. The Morgan fingerprint density at radius 1 is 1.05 bits per heavy atom. The largest absolute Gasteiger partial charge is 0.343 e. The van der Waals surface area contributed by atoms with Crippen LogP contribution in [0, 0.1) is 0 Å². The summed E-state index contributed by atoms with van der Waals surface area (Å²) < 4.78 is 0.916. The van der Waals surface area contributed by atoms with Crippen molar-refractivity contribution in [2.24, 2.45) is 4.99 Å². The number of amides is 5. The maximum atomic E-state index is 13.7. The molecule has 0 aliphatic carbocycles. The molecule has 3 N–H and O–H groups in total. The summed E-state index contributed by atoms with van der Waals surface area (Å²) in [4.78, 5) is 59.8. The van der Waals surface area contributed by atoms with E-state index in [9.17, 15) is 19.2 Å². The van der Waals surface area contributed by atoms with Crippen LogP contribution < -0.4 is 16.0 Å². The predicted molar refractivity (Wildman–Crippen MR) is 148 cm³/mol. The number of nitrogens with zero attached hydrogens (tertiary/aromatic N) is 3. The Balaban J connectivity index is 1.25. The molecule has 202 valence electrons. The molecular weight excluding hydrogens is 504 g/mol. The van der Waals surface area contributed by atoms with Crippen LogP contribution in [0.4, 0.5) is 9.80 Å². The predicted octanol–water partition coefficient (Wildman–Crippen LogP) is 3.34. The average molecular weight is 539 g/mol. The molecule has 5 rings (SSSR count). The van der Waals surface area contributed by atoms with E-state index in [0.717, 1.165) is 36.0 Å². The standard InChI is InChI=1S/C27H34N6O4S/c1-2-28-26(37)30-23-22(18-8-4-5-9-19(18)38-23)24(35)33-16-12-27(13-17-33)25(36)29-20(31-27)10-11-21(34)32-14-6-3-7-15-32/h4-5,8-9H,2-3,6-7,10-17H2,1H3,(H2,28,30,37)(H,29,31,36). The average Bonchev–Trinajstić information content (AvgIpc) is 3.44. The third kappa shape index (κ3) is 5.24. The smallest absolute Gasteiger partial charge is 0.319 e. The van der Waals surface area contributed by atoms with Gasteiger partial charge in [0, 0.05) is 55.7 Å². The Morgan fingerprint density at radius 2 is 1.79 bits per heavy atom. The number of rotatable bonds is 6. The van der Waals surface area contributed by atoms with Gasteiger partial charge >= 0.3 is 6.03 Å². The summed E-state index contributed by atoms with van der Waals surface area (Å²) in [6, 6.07) is 7.25. The molecular formula is C27H34N6O4S. The fourth-order valence-corrected chi connectivity index (χ4v) is 6.55. The van der Waals surface area contributed by atoms with Crippen LogP contribution in [0.15, 0.2) is 29.3 Å². The zero-order valence-corrected chi connectivity index (χ0v) is 22.5. The highest BCUT2D eigenvalue weighted by Gasteiger charge is 2.46. The number of anilines is 1. The Kier molecular flexibility index (Phi) is 7.64. The van der Waals surface area contributed by atoms with Gasteiger partial charge in [-0.2, -0.15) is 0 Å². The summed E-state index contributed by atoms with van der Waals surface area (Å²) in [5.41, 5.74) is -0.414. The first-order valence-electron chi connectivity index (χ1n) is 13.4. The van der Waals surface area contributed by atoms with E-state index >= 15 is 0 Å². The molecule has 0 saturated carbocycles. The SMILES string of the molecule is CCNC(=O)Nc1sc2ccccc2c1C(=O)N1CCC2(CC1)N=C(CCC(=O)N1CCCCC1)NC2=O. The highest BCUT2D eigenvalue weighted by Crippen LogP contribution is 2.38. The fraction of sp³-hybridized carbons (Fsp3) is 0.519. The first-order chi connectivity index (χ1) is 18.4. The van der Waals surface area contributed by atoms with Crippen molar-refractivity contribution in [3.63, 3.8) is 0 Å². The van der Waals surface area contributed by atoms with Crippen LogP contribution in [-0.2, 0) is 9.59 Å². The molecule has 0 unspecified atom stereocenters. The topological polar surface area (TPSA) is 123 Å². The highest BCUT2D eigenvalue weighted by atomic mass is 32.1. The van der Waals surface area contributed by atoms with E-state index in [2.05, 4.69) is 16.0 Å². The van der Waals surface area contributed by atoms with Crippen molar-refractivity contribution in [3.8, 4) is 0 Å². The molecule has 0 radical (unpaired) electrons. The number of thiophene rings is 1.